The Balaban J connectivity index is 1.65. The molecule has 0 radical (unpaired) electrons. The highest BCUT2D eigenvalue weighted by atomic mass is 16.6. The Morgan fingerprint density at radius 2 is 1.92 bits per heavy atom. The van der Waals surface area contributed by atoms with Crippen LogP contribution in [0.5, 0.6) is 5.75 Å². The summed E-state index contributed by atoms with van der Waals surface area (Å²) in [7, 11) is 0. The van der Waals surface area contributed by atoms with Crippen LogP contribution in [-0.2, 0) is 27.3 Å². The van der Waals surface area contributed by atoms with Gasteiger partial charge in [0.1, 0.15) is 12.4 Å². The van der Waals surface area contributed by atoms with E-state index in [2.05, 4.69) is 0 Å². The average molecular weight is 326 g/mol. The number of hydrogen-bond acceptors (Lipinski definition) is 5. The number of carbonyl (C=O) groups excluding carboxylic acids is 2. The molecule has 2 aromatic carbocycles. The van der Waals surface area contributed by atoms with Crippen molar-refractivity contribution in [1.82, 2.24) is 0 Å². The minimum atomic E-state index is -0.911. The summed E-state index contributed by atoms with van der Waals surface area (Å²) in [6.45, 7) is 2.49. The maximum atomic E-state index is 12.3. The fourth-order valence-corrected chi connectivity index (χ4v) is 2.62. The predicted molar refractivity (Wildman–Crippen MR) is 86.8 cm³/mol. The van der Waals surface area contributed by atoms with Gasteiger partial charge in [0, 0.05) is 12.0 Å². The average Bonchev–Trinajstić information content (AvgIpc) is 2.61. The largest absolute Gasteiger partial charge is 0.493 e. The topological polar surface area (TPSA) is 61.8 Å². The van der Waals surface area contributed by atoms with Crippen molar-refractivity contribution in [3.05, 3.63) is 65.2 Å². The summed E-state index contributed by atoms with van der Waals surface area (Å²) in [5, 5.41) is 0. The molecule has 0 aromatic heterocycles. The van der Waals surface area contributed by atoms with E-state index in [9.17, 15) is 9.59 Å². The SMILES string of the molecule is CCOc1ccccc1COC(=O)[C@H]1Cc2ccccc2C(=O)O1. The maximum absolute atomic E-state index is 12.3. The van der Waals surface area contributed by atoms with Crippen molar-refractivity contribution < 1.29 is 23.8 Å². The van der Waals surface area contributed by atoms with E-state index in [1.54, 1.807) is 12.1 Å². The number of hydrogen-bond donors (Lipinski definition) is 0. The molecule has 0 fully saturated rings. The van der Waals surface area contributed by atoms with Gasteiger partial charge in [-0.1, -0.05) is 36.4 Å². The fourth-order valence-electron chi connectivity index (χ4n) is 2.62. The summed E-state index contributed by atoms with van der Waals surface area (Å²) in [6, 6.07) is 14.5. The van der Waals surface area contributed by atoms with Gasteiger partial charge in [0.05, 0.1) is 12.2 Å². The molecule has 3 rings (SSSR count). The number of cyclic esters (lactones) is 1. The van der Waals surface area contributed by atoms with Gasteiger partial charge in [-0.05, 0) is 24.6 Å². The number of carbonyl (C=O) groups is 2. The van der Waals surface area contributed by atoms with Gasteiger partial charge in [-0.15, -0.1) is 0 Å². The summed E-state index contributed by atoms with van der Waals surface area (Å²) in [5.74, 6) is -0.364. The lowest BCUT2D eigenvalue weighted by molar-refractivity contribution is -0.155. The van der Waals surface area contributed by atoms with Crippen molar-refractivity contribution >= 4 is 11.9 Å². The molecule has 5 heteroatoms. The highest BCUT2D eigenvalue weighted by Gasteiger charge is 2.32. The zero-order chi connectivity index (χ0) is 16.9. The van der Waals surface area contributed by atoms with Crippen LogP contribution in [0, 0.1) is 0 Å². The Bertz CT molecular complexity index is 753. The number of esters is 2. The van der Waals surface area contributed by atoms with Gasteiger partial charge in [0.15, 0.2) is 0 Å². The zero-order valence-corrected chi connectivity index (χ0v) is 13.4. The van der Waals surface area contributed by atoms with Crippen molar-refractivity contribution in [2.45, 2.75) is 26.1 Å². The minimum absolute atomic E-state index is 0.0741. The molecular weight excluding hydrogens is 308 g/mol. The monoisotopic (exact) mass is 326 g/mol. The van der Waals surface area contributed by atoms with Crippen LogP contribution in [0.25, 0.3) is 0 Å². The summed E-state index contributed by atoms with van der Waals surface area (Å²) >= 11 is 0. The molecule has 2 aromatic rings. The zero-order valence-electron chi connectivity index (χ0n) is 13.4. The molecule has 0 saturated heterocycles. The van der Waals surface area contributed by atoms with Crippen molar-refractivity contribution in [2.24, 2.45) is 0 Å². The van der Waals surface area contributed by atoms with Gasteiger partial charge in [0.25, 0.3) is 0 Å². The van der Waals surface area contributed by atoms with Crippen LogP contribution in [0.2, 0.25) is 0 Å². The highest BCUT2D eigenvalue weighted by Crippen LogP contribution is 2.23. The third kappa shape index (κ3) is 3.40. The molecule has 1 aliphatic heterocycles. The van der Waals surface area contributed by atoms with E-state index in [1.807, 2.05) is 43.3 Å². The van der Waals surface area contributed by atoms with Crippen LogP contribution < -0.4 is 4.74 Å². The molecule has 5 nitrogen and oxygen atoms in total. The molecule has 1 aliphatic rings. The molecule has 0 unspecified atom stereocenters. The van der Waals surface area contributed by atoms with E-state index < -0.39 is 18.0 Å². The third-order valence-electron chi connectivity index (χ3n) is 3.80. The standard InChI is InChI=1S/C19H18O5/c1-2-22-16-10-6-4-8-14(16)12-23-19(21)17-11-13-7-3-5-9-15(13)18(20)24-17/h3-10,17H,2,11-12H2,1H3/t17-/m1/s1. The molecule has 24 heavy (non-hydrogen) atoms. The second-order valence-corrected chi connectivity index (χ2v) is 5.40. The molecule has 0 saturated carbocycles. The quantitative estimate of drug-likeness (QED) is 0.791. The van der Waals surface area contributed by atoms with Crippen LogP contribution in [0.4, 0.5) is 0 Å². The van der Waals surface area contributed by atoms with Crippen LogP contribution in [0.3, 0.4) is 0 Å². The second-order valence-electron chi connectivity index (χ2n) is 5.40. The lowest BCUT2D eigenvalue weighted by atomic mass is 9.99. The molecule has 0 bridgehead atoms. The normalized spacial score (nSPS) is 16.0. The summed E-state index contributed by atoms with van der Waals surface area (Å²) < 4.78 is 16.0. The first-order valence-corrected chi connectivity index (χ1v) is 7.85. The number of fused-ring (bicyclic) bond motifs is 1. The summed E-state index contributed by atoms with van der Waals surface area (Å²) in [5.41, 5.74) is 2.07. The van der Waals surface area contributed by atoms with Gasteiger partial charge in [-0.3, -0.25) is 0 Å². The Labute approximate surface area is 140 Å². The Morgan fingerprint density at radius 3 is 2.75 bits per heavy atom. The molecule has 0 amide bonds. The first-order chi connectivity index (χ1) is 11.7. The van der Waals surface area contributed by atoms with Crippen LogP contribution in [-0.4, -0.2) is 24.6 Å². The lowest BCUT2D eigenvalue weighted by Gasteiger charge is -2.23. The first kappa shape index (κ1) is 16.1. The second kappa shape index (κ2) is 7.17. The highest BCUT2D eigenvalue weighted by molar-refractivity contribution is 5.94. The molecule has 0 aliphatic carbocycles. The Kier molecular flexibility index (Phi) is 4.79. The van der Waals surface area contributed by atoms with Crippen LogP contribution in [0.15, 0.2) is 48.5 Å². The van der Waals surface area contributed by atoms with E-state index in [-0.39, 0.29) is 6.61 Å². The van der Waals surface area contributed by atoms with Crippen molar-refractivity contribution in [2.75, 3.05) is 6.61 Å². The van der Waals surface area contributed by atoms with Crippen molar-refractivity contribution in [3.63, 3.8) is 0 Å². The predicted octanol–water partition coefficient (Wildman–Crippen LogP) is 2.91. The Hall–Kier alpha value is -2.82. The van der Waals surface area contributed by atoms with Gasteiger partial charge in [-0.2, -0.15) is 0 Å². The first-order valence-electron chi connectivity index (χ1n) is 7.85. The number of benzene rings is 2. The Morgan fingerprint density at radius 1 is 1.17 bits per heavy atom. The van der Waals surface area contributed by atoms with E-state index in [4.69, 9.17) is 14.2 Å². The molecule has 1 heterocycles. The number of para-hydroxylation sites is 1. The van der Waals surface area contributed by atoms with Crippen molar-refractivity contribution in [3.8, 4) is 5.75 Å². The van der Waals surface area contributed by atoms with E-state index in [0.29, 0.717) is 24.3 Å². The van der Waals surface area contributed by atoms with Gasteiger partial charge >= 0.3 is 11.9 Å². The molecular formula is C19H18O5. The molecule has 1 atom stereocenters. The maximum Gasteiger partial charge on any atom is 0.348 e. The fraction of sp³-hybridized carbons (Fsp3) is 0.263. The number of ether oxygens (including phenoxy) is 3. The minimum Gasteiger partial charge on any atom is -0.493 e. The lowest BCUT2D eigenvalue weighted by Crippen LogP contribution is -2.35. The smallest absolute Gasteiger partial charge is 0.348 e. The van der Waals surface area contributed by atoms with Crippen molar-refractivity contribution in [1.29, 1.82) is 0 Å². The molecule has 0 spiro atoms. The van der Waals surface area contributed by atoms with E-state index >= 15 is 0 Å². The molecule has 0 N–H and O–H groups in total. The third-order valence-corrected chi connectivity index (χ3v) is 3.80. The summed E-state index contributed by atoms with van der Waals surface area (Å²) in [4.78, 5) is 24.2. The molecule has 124 valence electrons. The summed E-state index contributed by atoms with van der Waals surface area (Å²) in [6.07, 6.45) is -0.583. The number of rotatable bonds is 5. The van der Waals surface area contributed by atoms with Crippen LogP contribution in [0.1, 0.15) is 28.4 Å². The van der Waals surface area contributed by atoms with E-state index in [0.717, 1.165) is 11.1 Å². The van der Waals surface area contributed by atoms with Gasteiger partial charge in [0.2, 0.25) is 6.10 Å². The van der Waals surface area contributed by atoms with Gasteiger partial charge in [-0.25, -0.2) is 9.59 Å². The van der Waals surface area contributed by atoms with E-state index in [1.165, 1.54) is 0 Å². The van der Waals surface area contributed by atoms with Crippen LogP contribution >= 0.6 is 0 Å². The van der Waals surface area contributed by atoms with Gasteiger partial charge < -0.3 is 14.2 Å².